The fraction of sp³-hybridized carbons (Fsp3) is 0.200. The topological polar surface area (TPSA) is 34.0 Å². The van der Waals surface area contributed by atoms with E-state index < -0.39 is 0 Å². The minimum atomic E-state index is 0.282. The van der Waals surface area contributed by atoms with Crippen molar-refractivity contribution in [3.8, 4) is 0 Å². The van der Waals surface area contributed by atoms with Crippen molar-refractivity contribution in [3.63, 3.8) is 0 Å². The number of methoxy groups -OCH3 is 1. The Kier molecular flexibility index (Phi) is 3.48. The number of rotatable bonds is 3. The summed E-state index contributed by atoms with van der Waals surface area (Å²) in [5.74, 6) is 0.282. The van der Waals surface area contributed by atoms with E-state index in [-0.39, 0.29) is 5.88 Å². The van der Waals surface area contributed by atoms with Gasteiger partial charge in [-0.05, 0) is 6.58 Å². The first-order valence-corrected chi connectivity index (χ1v) is 2.06. The van der Waals surface area contributed by atoms with Crippen LogP contribution in [0.4, 0.5) is 0 Å². The molecule has 44 valence electrons. The van der Waals surface area contributed by atoms with Gasteiger partial charge in [0.1, 0.15) is 0 Å². The Labute approximate surface area is 48.4 Å². The maximum absolute atomic E-state index is 4.55. The average molecular weight is 112 g/mol. The molecule has 0 aliphatic rings. The minimum absolute atomic E-state index is 0.282. The molecule has 0 rings (SSSR count). The maximum Gasteiger partial charge on any atom is 0.225 e. The Hall–Kier alpha value is -1.12. The van der Waals surface area contributed by atoms with Crippen LogP contribution in [0.3, 0.4) is 0 Å². The molecule has 0 N–H and O–H groups in total. The molecule has 0 spiro atoms. The molecule has 0 aliphatic heterocycles. The lowest BCUT2D eigenvalue weighted by Gasteiger charge is -1.89. The van der Waals surface area contributed by atoms with Crippen molar-refractivity contribution in [2.75, 3.05) is 7.11 Å². The predicted octanol–water partition coefficient (Wildman–Crippen LogP) is 1.70. The third-order valence-corrected chi connectivity index (χ3v) is 0.487. The van der Waals surface area contributed by atoms with Crippen LogP contribution in [0.2, 0.25) is 0 Å². The molecular formula is C5H8N2O. The molecule has 0 fully saturated rings. The summed E-state index contributed by atoms with van der Waals surface area (Å²) < 4.78 is 4.55. The summed E-state index contributed by atoms with van der Waals surface area (Å²) in [6.45, 7) is 6.69. The van der Waals surface area contributed by atoms with Crippen LogP contribution in [-0.4, -0.2) is 7.11 Å². The summed E-state index contributed by atoms with van der Waals surface area (Å²) in [5.41, 5.74) is 0. The molecule has 0 atom stereocenters. The van der Waals surface area contributed by atoms with Gasteiger partial charge in [0.25, 0.3) is 0 Å². The number of nitrogens with zero attached hydrogens (tertiary/aromatic N) is 2. The van der Waals surface area contributed by atoms with Crippen molar-refractivity contribution in [3.05, 3.63) is 25.2 Å². The van der Waals surface area contributed by atoms with E-state index in [0.717, 1.165) is 0 Å². The summed E-state index contributed by atoms with van der Waals surface area (Å²) in [5, 5.41) is 6.86. The zero-order chi connectivity index (χ0) is 6.41. The third-order valence-electron chi connectivity index (χ3n) is 0.487. The summed E-state index contributed by atoms with van der Waals surface area (Å²) in [4.78, 5) is 0. The summed E-state index contributed by atoms with van der Waals surface area (Å²) in [7, 11) is 1.48. The van der Waals surface area contributed by atoms with E-state index in [4.69, 9.17) is 0 Å². The Morgan fingerprint density at radius 3 is 2.75 bits per heavy atom. The molecule has 0 aromatic heterocycles. The second kappa shape index (κ2) is 4.05. The van der Waals surface area contributed by atoms with Crippen LogP contribution in [0.25, 0.3) is 0 Å². The first-order chi connectivity index (χ1) is 3.81. The highest BCUT2D eigenvalue weighted by Gasteiger charge is 1.78. The molecule has 0 bridgehead atoms. The van der Waals surface area contributed by atoms with E-state index in [0.29, 0.717) is 0 Å². The van der Waals surface area contributed by atoms with Gasteiger partial charge in [-0.1, -0.05) is 6.58 Å². The summed E-state index contributed by atoms with van der Waals surface area (Å²) in [6, 6.07) is 0. The van der Waals surface area contributed by atoms with E-state index >= 15 is 0 Å². The highest BCUT2D eigenvalue weighted by atomic mass is 16.5. The molecule has 8 heavy (non-hydrogen) atoms. The van der Waals surface area contributed by atoms with E-state index in [2.05, 4.69) is 28.1 Å². The standard InChI is InChI=1S/C5H8N2O/c1-4-6-7-5(2)8-3/h4H,1-2H2,3H3. The fourth-order valence-corrected chi connectivity index (χ4v) is 0.146. The second-order valence-corrected chi connectivity index (χ2v) is 0.996. The molecular weight excluding hydrogens is 104 g/mol. The molecule has 0 amide bonds. The first-order valence-electron chi connectivity index (χ1n) is 2.06. The SMILES string of the molecule is C=CN=NC(=C)OC. The van der Waals surface area contributed by atoms with Gasteiger partial charge in [0.2, 0.25) is 5.88 Å². The molecule has 0 unspecified atom stereocenters. The smallest absolute Gasteiger partial charge is 0.225 e. The zero-order valence-electron chi connectivity index (χ0n) is 4.79. The fourth-order valence-electron chi connectivity index (χ4n) is 0.146. The second-order valence-electron chi connectivity index (χ2n) is 0.996. The first kappa shape index (κ1) is 6.88. The lowest BCUT2D eigenvalue weighted by Crippen LogP contribution is -1.74. The van der Waals surface area contributed by atoms with Gasteiger partial charge >= 0.3 is 0 Å². The Morgan fingerprint density at radius 1 is 1.75 bits per heavy atom. The number of ether oxygens (including phenoxy) is 1. The Morgan fingerprint density at radius 2 is 2.38 bits per heavy atom. The summed E-state index contributed by atoms with van der Waals surface area (Å²) in [6.07, 6.45) is 1.31. The molecule has 0 aromatic rings. The monoisotopic (exact) mass is 112 g/mol. The van der Waals surface area contributed by atoms with Gasteiger partial charge < -0.3 is 4.74 Å². The molecule has 0 aliphatic carbocycles. The van der Waals surface area contributed by atoms with Gasteiger partial charge in [-0.3, -0.25) is 0 Å². The maximum atomic E-state index is 4.55. The predicted molar refractivity (Wildman–Crippen MR) is 31.2 cm³/mol. The molecule has 3 heteroatoms. The molecule has 0 saturated heterocycles. The van der Waals surface area contributed by atoms with Crippen molar-refractivity contribution < 1.29 is 4.74 Å². The zero-order valence-corrected chi connectivity index (χ0v) is 4.79. The number of hydrogen-bond donors (Lipinski definition) is 0. The molecule has 3 nitrogen and oxygen atoms in total. The van der Waals surface area contributed by atoms with Gasteiger partial charge in [-0.2, -0.15) is 5.11 Å². The van der Waals surface area contributed by atoms with Crippen molar-refractivity contribution in [2.45, 2.75) is 0 Å². The lowest BCUT2D eigenvalue weighted by molar-refractivity contribution is 0.286. The van der Waals surface area contributed by atoms with Crippen LogP contribution in [0, 0.1) is 0 Å². The third kappa shape index (κ3) is 3.08. The van der Waals surface area contributed by atoms with E-state index in [1.54, 1.807) is 0 Å². The van der Waals surface area contributed by atoms with Gasteiger partial charge in [0, 0.05) is 6.20 Å². The largest absolute Gasteiger partial charge is 0.480 e. The molecule has 0 heterocycles. The van der Waals surface area contributed by atoms with Crippen LogP contribution in [0.1, 0.15) is 0 Å². The molecule has 0 radical (unpaired) electrons. The molecule has 0 saturated carbocycles. The molecule has 0 aromatic carbocycles. The van der Waals surface area contributed by atoms with Gasteiger partial charge in [0.05, 0.1) is 7.11 Å². The van der Waals surface area contributed by atoms with Crippen LogP contribution < -0.4 is 0 Å². The number of hydrogen-bond acceptors (Lipinski definition) is 3. The van der Waals surface area contributed by atoms with Gasteiger partial charge in [-0.25, -0.2) is 0 Å². The van der Waals surface area contributed by atoms with Crippen LogP contribution in [0.5, 0.6) is 0 Å². The lowest BCUT2D eigenvalue weighted by atomic mass is 10.9. The van der Waals surface area contributed by atoms with Crippen molar-refractivity contribution in [2.24, 2.45) is 10.2 Å². The summed E-state index contributed by atoms with van der Waals surface area (Å²) >= 11 is 0. The van der Waals surface area contributed by atoms with Gasteiger partial charge in [0.15, 0.2) is 0 Å². The van der Waals surface area contributed by atoms with Crippen molar-refractivity contribution in [1.29, 1.82) is 0 Å². The van der Waals surface area contributed by atoms with Gasteiger partial charge in [-0.15, -0.1) is 5.11 Å². The van der Waals surface area contributed by atoms with Crippen LogP contribution >= 0.6 is 0 Å². The Bertz CT molecular complexity index is 118. The highest BCUT2D eigenvalue weighted by molar-refractivity contribution is 4.76. The van der Waals surface area contributed by atoms with E-state index in [9.17, 15) is 0 Å². The number of azo groups is 1. The highest BCUT2D eigenvalue weighted by Crippen LogP contribution is 1.91. The van der Waals surface area contributed by atoms with E-state index in [1.807, 2.05) is 0 Å². The van der Waals surface area contributed by atoms with Crippen molar-refractivity contribution >= 4 is 0 Å². The van der Waals surface area contributed by atoms with Crippen molar-refractivity contribution in [1.82, 2.24) is 0 Å². The van der Waals surface area contributed by atoms with Crippen LogP contribution in [-0.2, 0) is 4.74 Å². The average Bonchev–Trinajstić information content (AvgIpc) is 1.83. The van der Waals surface area contributed by atoms with E-state index in [1.165, 1.54) is 13.3 Å². The Balaban J connectivity index is 3.52. The van der Waals surface area contributed by atoms with Crippen LogP contribution in [0.15, 0.2) is 35.5 Å². The normalized spacial score (nSPS) is 9.12. The quantitative estimate of drug-likeness (QED) is 0.404. The minimum Gasteiger partial charge on any atom is -0.480 e.